The van der Waals surface area contributed by atoms with E-state index < -0.39 is 0 Å². The molecule has 0 radical (unpaired) electrons. The van der Waals surface area contributed by atoms with E-state index in [1.807, 2.05) is 37.3 Å². The summed E-state index contributed by atoms with van der Waals surface area (Å²) in [5, 5.41) is 7.73. The van der Waals surface area contributed by atoms with Crippen LogP contribution < -0.4 is 5.32 Å². The van der Waals surface area contributed by atoms with Gasteiger partial charge in [-0.15, -0.1) is 0 Å². The first-order valence-corrected chi connectivity index (χ1v) is 9.53. The molecular weight excluding hydrogens is 370 g/mol. The highest BCUT2D eigenvalue weighted by Gasteiger charge is 2.17. The number of amides is 1. The first kappa shape index (κ1) is 18.9. The number of nitrogens with one attached hydrogen (secondary N) is 1. The van der Waals surface area contributed by atoms with Crippen LogP contribution in [-0.2, 0) is 4.74 Å². The van der Waals surface area contributed by atoms with Crippen molar-refractivity contribution in [2.45, 2.75) is 13.3 Å². The summed E-state index contributed by atoms with van der Waals surface area (Å²) in [4.78, 5) is 17.0. The summed E-state index contributed by atoms with van der Waals surface area (Å²) in [5.74, 6) is 0.348. The predicted octanol–water partition coefficient (Wildman–Crippen LogP) is 4.31. The molecule has 0 aliphatic heterocycles. The molecule has 2 aromatic heterocycles. The molecule has 0 aliphatic carbocycles. The van der Waals surface area contributed by atoms with E-state index in [4.69, 9.17) is 13.7 Å². The number of ether oxygens (including phenoxy) is 1. The van der Waals surface area contributed by atoms with Gasteiger partial charge in [0.2, 0.25) is 5.89 Å². The van der Waals surface area contributed by atoms with E-state index >= 15 is 0 Å². The zero-order chi connectivity index (χ0) is 20.1. The molecule has 0 aliphatic rings. The number of aromatic nitrogens is 2. The quantitative estimate of drug-likeness (QED) is 0.450. The number of hydrogen-bond donors (Lipinski definition) is 1. The fourth-order valence-corrected chi connectivity index (χ4v) is 2.98. The van der Waals surface area contributed by atoms with Crippen molar-refractivity contribution in [3.8, 4) is 22.8 Å². The molecule has 29 heavy (non-hydrogen) atoms. The Morgan fingerprint density at radius 3 is 2.86 bits per heavy atom. The highest BCUT2D eigenvalue weighted by molar-refractivity contribution is 6.00. The lowest BCUT2D eigenvalue weighted by Crippen LogP contribution is -2.25. The molecule has 2 heterocycles. The molecule has 0 saturated carbocycles. The minimum Gasteiger partial charge on any atom is -0.444 e. The van der Waals surface area contributed by atoms with Gasteiger partial charge in [0.25, 0.3) is 5.91 Å². The van der Waals surface area contributed by atoms with Crippen LogP contribution in [0.4, 0.5) is 0 Å². The van der Waals surface area contributed by atoms with E-state index in [1.54, 1.807) is 24.5 Å². The van der Waals surface area contributed by atoms with Gasteiger partial charge >= 0.3 is 0 Å². The van der Waals surface area contributed by atoms with Crippen molar-refractivity contribution in [1.82, 2.24) is 15.5 Å². The largest absolute Gasteiger partial charge is 0.444 e. The number of hydrogen-bond acceptors (Lipinski definition) is 6. The third-order valence-electron chi connectivity index (χ3n) is 4.45. The zero-order valence-corrected chi connectivity index (χ0v) is 16.1. The standard InChI is InChI=1S/C22H21N3O4/c1-2-27-12-6-11-23-21(26)16-9-10-19-17(13-16)20(25-29-19)18-14-28-22(24-18)15-7-4-3-5-8-15/h3-5,7-10,13-14H,2,6,11-12H2,1H3,(H,23,26). The number of fused-ring (bicyclic) bond motifs is 1. The summed E-state index contributed by atoms with van der Waals surface area (Å²) in [7, 11) is 0. The Kier molecular flexibility index (Phi) is 5.67. The van der Waals surface area contributed by atoms with Gasteiger partial charge in [0.05, 0.1) is 5.39 Å². The lowest BCUT2D eigenvalue weighted by molar-refractivity contribution is 0.0944. The number of carbonyl (C=O) groups is 1. The Balaban J connectivity index is 1.55. The van der Waals surface area contributed by atoms with Crippen LogP contribution in [0.2, 0.25) is 0 Å². The van der Waals surface area contributed by atoms with Crippen molar-refractivity contribution < 1.29 is 18.5 Å². The Hall–Kier alpha value is -3.45. The molecule has 7 nitrogen and oxygen atoms in total. The summed E-state index contributed by atoms with van der Waals surface area (Å²) in [6.45, 7) is 3.80. The molecule has 7 heteroatoms. The smallest absolute Gasteiger partial charge is 0.251 e. The third kappa shape index (κ3) is 4.20. The van der Waals surface area contributed by atoms with Crippen molar-refractivity contribution in [1.29, 1.82) is 0 Å². The molecule has 2 aromatic carbocycles. The van der Waals surface area contributed by atoms with Gasteiger partial charge in [-0.05, 0) is 43.7 Å². The van der Waals surface area contributed by atoms with Gasteiger partial charge in [-0.3, -0.25) is 4.79 Å². The molecule has 0 atom stereocenters. The van der Waals surface area contributed by atoms with Gasteiger partial charge in [-0.1, -0.05) is 23.4 Å². The Morgan fingerprint density at radius 1 is 1.17 bits per heavy atom. The van der Waals surface area contributed by atoms with Crippen molar-refractivity contribution in [2.75, 3.05) is 19.8 Å². The van der Waals surface area contributed by atoms with Gasteiger partial charge in [0.15, 0.2) is 5.58 Å². The number of benzene rings is 2. The molecule has 0 spiro atoms. The maximum Gasteiger partial charge on any atom is 0.251 e. The lowest BCUT2D eigenvalue weighted by atomic mass is 10.1. The summed E-state index contributed by atoms with van der Waals surface area (Å²) < 4.78 is 16.3. The van der Waals surface area contributed by atoms with Crippen LogP contribution in [0.3, 0.4) is 0 Å². The second-order valence-corrected chi connectivity index (χ2v) is 6.45. The molecule has 1 amide bonds. The van der Waals surface area contributed by atoms with E-state index in [0.29, 0.717) is 53.6 Å². The van der Waals surface area contributed by atoms with Crippen LogP contribution >= 0.6 is 0 Å². The van der Waals surface area contributed by atoms with E-state index in [2.05, 4.69) is 15.5 Å². The SMILES string of the molecule is CCOCCCNC(=O)c1ccc2onc(-c3coc(-c4ccccc4)n3)c2c1. The van der Waals surface area contributed by atoms with Crippen LogP contribution in [-0.4, -0.2) is 35.8 Å². The number of nitrogens with zero attached hydrogens (tertiary/aromatic N) is 2. The van der Waals surface area contributed by atoms with E-state index in [-0.39, 0.29) is 5.91 Å². The van der Waals surface area contributed by atoms with Crippen molar-refractivity contribution in [2.24, 2.45) is 0 Å². The zero-order valence-electron chi connectivity index (χ0n) is 16.1. The molecule has 4 rings (SSSR count). The van der Waals surface area contributed by atoms with Crippen LogP contribution in [0.1, 0.15) is 23.7 Å². The second kappa shape index (κ2) is 8.70. The Labute approximate surface area is 167 Å². The van der Waals surface area contributed by atoms with E-state index in [9.17, 15) is 4.79 Å². The van der Waals surface area contributed by atoms with E-state index in [0.717, 1.165) is 12.0 Å². The van der Waals surface area contributed by atoms with Gasteiger partial charge < -0.3 is 19.0 Å². The maximum absolute atomic E-state index is 12.4. The van der Waals surface area contributed by atoms with Crippen LogP contribution in [0.25, 0.3) is 33.8 Å². The molecule has 0 unspecified atom stereocenters. The second-order valence-electron chi connectivity index (χ2n) is 6.45. The van der Waals surface area contributed by atoms with Gasteiger partial charge in [0.1, 0.15) is 17.7 Å². The Morgan fingerprint density at radius 2 is 2.03 bits per heavy atom. The van der Waals surface area contributed by atoms with Gasteiger partial charge in [-0.25, -0.2) is 4.98 Å². The number of rotatable bonds is 8. The molecule has 0 saturated heterocycles. The lowest BCUT2D eigenvalue weighted by Gasteiger charge is -2.05. The highest BCUT2D eigenvalue weighted by Crippen LogP contribution is 2.30. The molecule has 4 aromatic rings. The summed E-state index contributed by atoms with van der Waals surface area (Å²) in [5.41, 5.74) is 3.08. The highest BCUT2D eigenvalue weighted by atomic mass is 16.5. The van der Waals surface area contributed by atoms with Gasteiger partial charge in [-0.2, -0.15) is 0 Å². The van der Waals surface area contributed by atoms with Crippen molar-refractivity contribution in [3.05, 3.63) is 60.4 Å². The van der Waals surface area contributed by atoms with Crippen LogP contribution in [0.15, 0.2) is 63.7 Å². The molecule has 0 bridgehead atoms. The minimum atomic E-state index is -0.152. The minimum absolute atomic E-state index is 0.152. The molecule has 148 valence electrons. The van der Waals surface area contributed by atoms with Crippen molar-refractivity contribution >= 4 is 16.9 Å². The predicted molar refractivity (Wildman–Crippen MR) is 108 cm³/mol. The van der Waals surface area contributed by atoms with Crippen LogP contribution in [0, 0.1) is 0 Å². The molecular formula is C22H21N3O4. The van der Waals surface area contributed by atoms with Crippen LogP contribution in [0.5, 0.6) is 0 Å². The first-order chi connectivity index (χ1) is 14.3. The Bertz CT molecular complexity index is 1100. The maximum atomic E-state index is 12.4. The normalized spacial score (nSPS) is 11.1. The topological polar surface area (TPSA) is 90.4 Å². The molecule has 0 fully saturated rings. The summed E-state index contributed by atoms with van der Waals surface area (Å²) in [6.07, 6.45) is 2.31. The summed E-state index contributed by atoms with van der Waals surface area (Å²) in [6, 6.07) is 14.8. The fourth-order valence-electron chi connectivity index (χ4n) is 2.98. The first-order valence-electron chi connectivity index (χ1n) is 9.53. The fraction of sp³-hybridized carbons (Fsp3) is 0.227. The van der Waals surface area contributed by atoms with E-state index in [1.165, 1.54) is 0 Å². The average Bonchev–Trinajstić information content (AvgIpc) is 3.40. The monoisotopic (exact) mass is 391 g/mol. The number of oxazole rings is 1. The van der Waals surface area contributed by atoms with Gasteiger partial charge in [0, 0.05) is 30.9 Å². The average molecular weight is 391 g/mol. The van der Waals surface area contributed by atoms with Crippen molar-refractivity contribution in [3.63, 3.8) is 0 Å². The number of carbonyl (C=O) groups excluding carboxylic acids is 1. The third-order valence-corrected chi connectivity index (χ3v) is 4.45. The summed E-state index contributed by atoms with van der Waals surface area (Å²) >= 11 is 0. The molecule has 1 N–H and O–H groups in total.